The van der Waals surface area contributed by atoms with E-state index in [9.17, 15) is 9.59 Å². The Morgan fingerprint density at radius 1 is 1.04 bits per heavy atom. The van der Waals surface area contributed by atoms with E-state index in [1.54, 1.807) is 30.5 Å². The number of nitrogens with zero attached hydrogens (tertiary/aromatic N) is 2. The lowest BCUT2D eigenvalue weighted by molar-refractivity contribution is -0.111. The number of rotatable bonds is 4. The third-order valence-corrected chi connectivity index (χ3v) is 3.29. The molecule has 6 heteroatoms. The average Bonchev–Trinajstić information content (AvgIpc) is 2.60. The lowest BCUT2D eigenvalue weighted by atomic mass is 10.2. The second kappa shape index (κ2) is 6.70. The first kappa shape index (κ1) is 15.4. The summed E-state index contributed by atoms with van der Waals surface area (Å²) >= 11 is 0. The quantitative estimate of drug-likeness (QED) is 0.722. The van der Waals surface area contributed by atoms with Gasteiger partial charge in [-0.2, -0.15) is 0 Å². The molecule has 1 aromatic heterocycles. The molecule has 3 rings (SSSR count). The van der Waals surface area contributed by atoms with Gasteiger partial charge in [0.15, 0.2) is 0 Å². The molecule has 118 valence electrons. The fraction of sp³-hybridized carbons (Fsp3) is 0. The zero-order valence-electron chi connectivity index (χ0n) is 12.6. The van der Waals surface area contributed by atoms with Gasteiger partial charge in [0.25, 0.3) is 0 Å². The van der Waals surface area contributed by atoms with Crippen molar-refractivity contribution in [2.45, 2.75) is 0 Å². The molecule has 0 aliphatic carbocycles. The molecule has 0 fully saturated rings. The fourth-order valence-electron chi connectivity index (χ4n) is 2.15. The van der Waals surface area contributed by atoms with Crippen molar-refractivity contribution in [1.29, 1.82) is 0 Å². The van der Waals surface area contributed by atoms with Gasteiger partial charge < -0.3 is 11.1 Å². The molecule has 2 aromatic carbocycles. The highest BCUT2D eigenvalue weighted by Crippen LogP contribution is 2.11. The smallest absolute Gasteiger partial charge is 0.248 e. The molecule has 0 saturated heterocycles. The van der Waals surface area contributed by atoms with Crippen LogP contribution < -0.4 is 11.1 Å². The summed E-state index contributed by atoms with van der Waals surface area (Å²) in [7, 11) is 0. The van der Waals surface area contributed by atoms with Crippen LogP contribution in [0.2, 0.25) is 0 Å². The molecule has 2 amide bonds. The van der Waals surface area contributed by atoms with Crippen LogP contribution >= 0.6 is 0 Å². The molecule has 6 nitrogen and oxygen atoms in total. The highest BCUT2D eigenvalue weighted by atomic mass is 16.1. The van der Waals surface area contributed by atoms with E-state index in [4.69, 9.17) is 5.73 Å². The van der Waals surface area contributed by atoms with Crippen LogP contribution in [0, 0.1) is 0 Å². The number of aromatic nitrogens is 2. The molecule has 3 aromatic rings. The predicted octanol–water partition coefficient (Wildman–Crippen LogP) is 2.38. The maximum absolute atomic E-state index is 12.0. The normalized spacial score (nSPS) is 10.8. The molecule has 0 aliphatic heterocycles. The van der Waals surface area contributed by atoms with Crippen LogP contribution in [0.4, 0.5) is 5.69 Å². The number of benzene rings is 2. The van der Waals surface area contributed by atoms with Crippen LogP contribution in [0.1, 0.15) is 16.1 Å². The maximum atomic E-state index is 12.0. The van der Waals surface area contributed by atoms with E-state index in [0.29, 0.717) is 16.9 Å². The van der Waals surface area contributed by atoms with Gasteiger partial charge in [0.05, 0.1) is 22.9 Å². The van der Waals surface area contributed by atoms with Crippen LogP contribution in [0.15, 0.2) is 60.8 Å². The third-order valence-electron chi connectivity index (χ3n) is 3.29. The number of primary amides is 1. The van der Waals surface area contributed by atoms with Gasteiger partial charge in [-0.1, -0.05) is 18.2 Å². The monoisotopic (exact) mass is 318 g/mol. The Morgan fingerprint density at radius 3 is 2.62 bits per heavy atom. The summed E-state index contributed by atoms with van der Waals surface area (Å²) in [4.78, 5) is 31.8. The molecule has 0 saturated carbocycles. The van der Waals surface area contributed by atoms with E-state index in [0.717, 1.165) is 11.0 Å². The topological polar surface area (TPSA) is 98.0 Å². The number of carbonyl (C=O) groups is 2. The summed E-state index contributed by atoms with van der Waals surface area (Å²) in [6, 6.07) is 13.9. The third kappa shape index (κ3) is 3.61. The molecule has 0 unspecified atom stereocenters. The van der Waals surface area contributed by atoms with Gasteiger partial charge in [-0.25, -0.2) is 4.98 Å². The van der Waals surface area contributed by atoms with E-state index < -0.39 is 5.91 Å². The van der Waals surface area contributed by atoms with E-state index in [1.807, 2.05) is 24.3 Å². The molecule has 24 heavy (non-hydrogen) atoms. The number of hydrogen-bond acceptors (Lipinski definition) is 4. The first-order chi connectivity index (χ1) is 11.6. The average molecular weight is 318 g/mol. The number of para-hydroxylation sites is 2. The molecule has 1 heterocycles. The van der Waals surface area contributed by atoms with Gasteiger partial charge in [0.1, 0.15) is 0 Å². The highest BCUT2D eigenvalue weighted by Gasteiger charge is 2.03. The van der Waals surface area contributed by atoms with Gasteiger partial charge in [-0.05, 0) is 36.4 Å². The van der Waals surface area contributed by atoms with Gasteiger partial charge >= 0.3 is 0 Å². The number of hydrogen-bond donors (Lipinski definition) is 2. The van der Waals surface area contributed by atoms with Crippen molar-refractivity contribution in [2.24, 2.45) is 5.73 Å². The zero-order chi connectivity index (χ0) is 16.9. The summed E-state index contributed by atoms with van der Waals surface area (Å²) in [5.41, 5.74) is 8.17. The minimum atomic E-state index is -0.548. The Bertz CT molecular complexity index is 950. The van der Waals surface area contributed by atoms with Gasteiger partial charge in [0.2, 0.25) is 11.8 Å². The summed E-state index contributed by atoms with van der Waals surface area (Å²) in [6.45, 7) is 0. The Balaban J connectivity index is 1.72. The van der Waals surface area contributed by atoms with Crippen molar-refractivity contribution in [3.8, 4) is 0 Å². The summed E-state index contributed by atoms with van der Waals surface area (Å²) < 4.78 is 0. The number of fused-ring (bicyclic) bond motifs is 1. The lowest BCUT2D eigenvalue weighted by Gasteiger charge is -2.03. The SMILES string of the molecule is NC(=O)c1cccc(NC(=O)/C=C/c2cnc3ccccc3n2)c1. The molecule has 0 atom stereocenters. The minimum absolute atomic E-state index is 0.331. The predicted molar refractivity (Wildman–Crippen MR) is 92.2 cm³/mol. The summed E-state index contributed by atoms with van der Waals surface area (Å²) in [5, 5.41) is 2.66. The Morgan fingerprint density at radius 2 is 1.83 bits per heavy atom. The van der Waals surface area contributed by atoms with Crippen LogP contribution in [-0.2, 0) is 4.79 Å². The van der Waals surface area contributed by atoms with E-state index in [-0.39, 0.29) is 5.91 Å². The van der Waals surface area contributed by atoms with Crippen molar-refractivity contribution in [3.05, 3.63) is 72.1 Å². The van der Waals surface area contributed by atoms with E-state index in [1.165, 1.54) is 12.1 Å². The van der Waals surface area contributed by atoms with Crippen molar-refractivity contribution < 1.29 is 9.59 Å². The molecular weight excluding hydrogens is 304 g/mol. The molecule has 0 bridgehead atoms. The van der Waals surface area contributed by atoms with Crippen LogP contribution in [-0.4, -0.2) is 21.8 Å². The van der Waals surface area contributed by atoms with Crippen LogP contribution in [0.5, 0.6) is 0 Å². The van der Waals surface area contributed by atoms with Crippen molar-refractivity contribution in [1.82, 2.24) is 9.97 Å². The largest absolute Gasteiger partial charge is 0.366 e. The molecular formula is C18H14N4O2. The Kier molecular flexibility index (Phi) is 4.29. The van der Waals surface area contributed by atoms with Gasteiger partial charge in [-0.3, -0.25) is 14.6 Å². The first-order valence-corrected chi connectivity index (χ1v) is 7.22. The van der Waals surface area contributed by atoms with Crippen molar-refractivity contribution in [3.63, 3.8) is 0 Å². The Labute approximate surface area is 138 Å². The molecule has 0 radical (unpaired) electrons. The van der Waals surface area contributed by atoms with Gasteiger partial charge in [-0.15, -0.1) is 0 Å². The van der Waals surface area contributed by atoms with Crippen LogP contribution in [0.3, 0.4) is 0 Å². The number of carbonyl (C=O) groups excluding carboxylic acids is 2. The Hall–Kier alpha value is -3.54. The van der Waals surface area contributed by atoms with Crippen molar-refractivity contribution in [2.75, 3.05) is 5.32 Å². The number of amides is 2. The molecule has 0 spiro atoms. The highest BCUT2D eigenvalue weighted by molar-refractivity contribution is 6.02. The summed E-state index contributed by atoms with van der Waals surface area (Å²) in [5.74, 6) is -0.889. The first-order valence-electron chi connectivity index (χ1n) is 7.22. The number of nitrogens with two attached hydrogens (primary N) is 1. The fourth-order valence-corrected chi connectivity index (χ4v) is 2.15. The second-order valence-corrected chi connectivity index (χ2v) is 5.05. The molecule has 0 aliphatic rings. The number of anilines is 1. The zero-order valence-corrected chi connectivity index (χ0v) is 12.6. The van der Waals surface area contributed by atoms with Crippen LogP contribution in [0.25, 0.3) is 17.1 Å². The number of nitrogens with one attached hydrogen (secondary N) is 1. The maximum Gasteiger partial charge on any atom is 0.248 e. The van der Waals surface area contributed by atoms with Gasteiger partial charge in [0, 0.05) is 17.3 Å². The van der Waals surface area contributed by atoms with E-state index >= 15 is 0 Å². The second-order valence-electron chi connectivity index (χ2n) is 5.05. The van der Waals surface area contributed by atoms with Crippen molar-refractivity contribution >= 4 is 34.6 Å². The van der Waals surface area contributed by atoms with E-state index in [2.05, 4.69) is 15.3 Å². The molecule has 3 N–H and O–H groups in total. The standard InChI is InChI=1S/C18H14N4O2/c19-18(24)12-4-3-5-13(10-12)22-17(23)9-8-14-11-20-15-6-1-2-7-16(15)21-14/h1-11H,(H2,19,24)(H,22,23)/b9-8+. The summed E-state index contributed by atoms with van der Waals surface area (Å²) in [6.07, 6.45) is 4.53. The minimum Gasteiger partial charge on any atom is -0.366 e. The lowest BCUT2D eigenvalue weighted by Crippen LogP contribution is -2.12.